The zero-order valence-electron chi connectivity index (χ0n) is 14.4. The van der Waals surface area contributed by atoms with E-state index in [0.29, 0.717) is 12.3 Å². The van der Waals surface area contributed by atoms with Crippen molar-refractivity contribution in [3.8, 4) is 0 Å². The molecule has 1 atom stereocenters. The number of carbonyl (C=O) groups excluding carboxylic acids is 1. The van der Waals surface area contributed by atoms with E-state index in [1.165, 1.54) is 5.69 Å². The van der Waals surface area contributed by atoms with E-state index in [1.807, 2.05) is 41.0 Å². The Morgan fingerprint density at radius 1 is 1.32 bits per heavy atom. The predicted molar refractivity (Wildman–Crippen MR) is 96.2 cm³/mol. The van der Waals surface area contributed by atoms with Crippen molar-refractivity contribution < 1.29 is 4.79 Å². The summed E-state index contributed by atoms with van der Waals surface area (Å²) in [5, 5.41) is 5.38. The van der Waals surface area contributed by atoms with E-state index in [2.05, 4.69) is 27.2 Å². The number of fused-ring (bicyclic) bond motifs is 1. The van der Waals surface area contributed by atoms with Crippen LogP contribution in [-0.2, 0) is 4.79 Å². The molecule has 0 unspecified atom stereocenters. The van der Waals surface area contributed by atoms with Crippen LogP contribution in [-0.4, -0.2) is 43.6 Å². The lowest BCUT2D eigenvalue weighted by Crippen LogP contribution is -2.38. The van der Waals surface area contributed by atoms with Gasteiger partial charge in [-0.1, -0.05) is 0 Å². The van der Waals surface area contributed by atoms with Gasteiger partial charge in [0.1, 0.15) is 5.65 Å². The number of piperidine rings is 1. The number of amides is 1. The average molecular weight is 337 g/mol. The Kier molecular flexibility index (Phi) is 4.26. The molecule has 0 saturated carbocycles. The first-order valence-corrected chi connectivity index (χ1v) is 8.91. The number of hydrogen-bond donors (Lipinski definition) is 1. The molecule has 3 aromatic heterocycles. The van der Waals surface area contributed by atoms with Crippen LogP contribution in [0.5, 0.6) is 0 Å². The highest BCUT2D eigenvalue weighted by Gasteiger charge is 2.26. The molecule has 3 aromatic rings. The Morgan fingerprint density at radius 3 is 2.88 bits per heavy atom. The lowest BCUT2D eigenvalue weighted by molar-refractivity contribution is -0.133. The number of nitrogens with one attached hydrogen (secondary N) is 1. The minimum atomic E-state index is 0.0972. The first-order valence-electron chi connectivity index (χ1n) is 8.91. The van der Waals surface area contributed by atoms with Crippen LogP contribution in [0.2, 0.25) is 0 Å². The molecule has 0 radical (unpaired) electrons. The fourth-order valence-electron chi connectivity index (χ4n) is 3.66. The van der Waals surface area contributed by atoms with Crippen molar-refractivity contribution in [2.24, 2.45) is 0 Å². The fourth-order valence-corrected chi connectivity index (χ4v) is 3.66. The normalized spacial score (nSPS) is 17.1. The van der Waals surface area contributed by atoms with Crippen LogP contribution in [0.25, 0.3) is 11.0 Å². The smallest absolute Gasteiger partial charge is 0.224 e. The van der Waals surface area contributed by atoms with Gasteiger partial charge in [-0.05, 0) is 44.0 Å². The second-order valence-electron chi connectivity index (χ2n) is 6.86. The second-order valence-corrected chi connectivity index (χ2v) is 6.86. The summed E-state index contributed by atoms with van der Waals surface area (Å²) in [4.78, 5) is 22.4. The summed E-state index contributed by atoms with van der Waals surface area (Å²) in [7, 11) is 0. The molecule has 6 nitrogen and oxygen atoms in total. The third-order valence-electron chi connectivity index (χ3n) is 5.15. The maximum absolute atomic E-state index is 12.6. The lowest BCUT2D eigenvalue weighted by Gasteiger charge is -2.32. The Morgan fingerprint density at radius 2 is 2.16 bits per heavy atom. The summed E-state index contributed by atoms with van der Waals surface area (Å²) in [5.74, 6) is 0.696. The van der Waals surface area contributed by atoms with E-state index in [4.69, 9.17) is 0 Å². The van der Waals surface area contributed by atoms with Crippen LogP contribution in [0.15, 0.2) is 42.9 Å². The third kappa shape index (κ3) is 3.29. The van der Waals surface area contributed by atoms with Crippen LogP contribution in [0.3, 0.4) is 0 Å². The van der Waals surface area contributed by atoms with E-state index in [1.54, 1.807) is 6.20 Å². The number of aromatic amines is 1. The molecule has 6 heteroatoms. The van der Waals surface area contributed by atoms with Gasteiger partial charge in [-0.3, -0.25) is 9.48 Å². The van der Waals surface area contributed by atoms with Crippen molar-refractivity contribution in [1.29, 1.82) is 0 Å². The third-order valence-corrected chi connectivity index (χ3v) is 5.15. The maximum Gasteiger partial charge on any atom is 0.224 e. The van der Waals surface area contributed by atoms with Crippen LogP contribution >= 0.6 is 0 Å². The summed E-state index contributed by atoms with van der Waals surface area (Å²) in [6.07, 6.45) is 7.96. The Labute approximate surface area is 146 Å². The minimum absolute atomic E-state index is 0.0972. The number of carbonyl (C=O) groups is 1. The van der Waals surface area contributed by atoms with E-state index < -0.39 is 0 Å². The second kappa shape index (κ2) is 6.70. The summed E-state index contributed by atoms with van der Waals surface area (Å²) < 4.78 is 1.85. The minimum Gasteiger partial charge on any atom is -0.343 e. The van der Waals surface area contributed by atoms with E-state index >= 15 is 0 Å². The molecule has 0 spiro atoms. The summed E-state index contributed by atoms with van der Waals surface area (Å²) in [5.41, 5.74) is 2.19. The first-order chi connectivity index (χ1) is 12.2. The first kappa shape index (κ1) is 15.9. The van der Waals surface area contributed by atoms with Gasteiger partial charge in [-0.2, -0.15) is 5.10 Å². The molecule has 1 amide bonds. The zero-order chi connectivity index (χ0) is 17.2. The van der Waals surface area contributed by atoms with Crippen molar-refractivity contribution >= 4 is 16.9 Å². The number of rotatable bonds is 4. The van der Waals surface area contributed by atoms with E-state index in [-0.39, 0.29) is 11.9 Å². The molecule has 1 N–H and O–H groups in total. The van der Waals surface area contributed by atoms with Gasteiger partial charge in [0.05, 0.1) is 6.04 Å². The van der Waals surface area contributed by atoms with Crippen molar-refractivity contribution in [3.05, 3.63) is 48.5 Å². The molecule has 1 saturated heterocycles. The molecule has 4 rings (SSSR count). The molecule has 1 aliphatic rings. The highest BCUT2D eigenvalue weighted by molar-refractivity contribution is 5.77. The van der Waals surface area contributed by atoms with Gasteiger partial charge in [0.25, 0.3) is 0 Å². The van der Waals surface area contributed by atoms with Crippen LogP contribution in [0.4, 0.5) is 0 Å². The largest absolute Gasteiger partial charge is 0.343 e. The van der Waals surface area contributed by atoms with Gasteiger partial charge in [0, 0.05) is 55.1 Å². The molecule has 0 bridgehead atoms. The zero-order valence-corrected chi connectivity index (χ0v) is 14.4. The number of nitrogens with zero attached hydrogens (tertiary/aromatic N) is 4. The molecule has 130 valence electrons. The Hall–Kier alpha value is -2.63. The van der Waals surface area contributed by atoms with Crippen molar-refractivity contribution in [2.45, 2.75) is 38.1 Å². The molecular formula is C19H23N5O. The average Bonchev–Trinajstić information content (AvgIpc) is 3.31. The van der Waals surface area contributed by atoms with Gasteiger partial charge in [0.15, 0.2) is 0 Å². The summed E-state index contributed by atoms with van der Waals surface area (Å²) in [6.45, 7) is 3.67. The number of pyridine rings is 1. The Balaban J connectivity index is 1.35. The fraction of sp³-hybridized carbons (Fsp3) is 0.421. The Bertz CT molecular complexity index is 813. The molecule has 0 aromatic carbocycles. The number of aromatic nitrogens is 4. The SMILES string of the molecule is C[C@@H](CC(=O)N1CCC(c2cc3cccnc3[nH]2)CC1)n1cccn1. The number of hydrogen-bond acceptors (Lipinski definition) is 3. The van der Waals surface area contributed by atoms with Gasteiger partial charge in [-0.25, -0.2) is 4.98 Å². The summed E-state index contributed by atoms with van der Waals surface area (Å²) in [6, 6.07) is 8.23. The van der Waals surface area contributed by atoms with Crippen molar-refractivity contribution in [1.82, 2.24) is 24.6 Å². The highest BCUT2D eigenvalue weighted by Crippen LogP contribution is 2.30. The van der Waals surface area contributed by atoms with Gasteiger partial charge in [-0.15, -0.1) is 0 Å². The molecule has 0 aliphatic carbocycles. The van der Waals surface area contributed by atoms with Gasteiger partial charge in [0.2, 0.25) is 5.91 Å². The monoisotopic (exact) mass is 337 g/mol. The molecule has 4 heterocycles. The molecule has 25 heavy (non-hydrogen) atoms. The van der Waals surface area contributed by atoms with Crippen LogP contribution in [0.1, 0.15) is 43.8 Å². The predicted octanol–water partition coefficient (Wildman–Crippen LogP) is 3.12. The van der Waals surface area contributed by atoms with E-state index in [9.17, 15) is 4.79 Å². The molecular weight excluding hydrogens is 314 g/mol. The van der Waals surface area contributed by atoms with Crippen LogP contribution in [0, 0.1) is 0 Å². The number of H-pyrrole nitrogens is 1. The van der Waals surface area contributed by atoms with Crippen molar-refractivity contribution in [3.63, 3.8) is 0 Å². The maximum atomic E-state index is 12.6. The van der Waals surface area contributed by atoms with Gasteiger partial charge < -0.3 is 9.88 Å². The highest BCUT2D eigenvalue weighted by atomic mass is 16.2. The number of likely N-dealkylation sites (tertiary alicyclic amines) is 1. The standard InChI is InChI=1S/C19H23N5O/c1-14(24-9-3-8-21-24)12-18(25)23-10-5-15(6-11-23)17-13-16-4-2-7-20-19(16)22-17/h2-4,7-9,13-15H,5-6,10-12H2,1H3,(H,20,22)/t14-/m0/s1. The molecule has 1 fully saturated rings. The van der Waals surface area contributed by atoms with Crippen molar-refractivity contribution in [2.75, 3.05) is 13.1 Å². The molecule has 1 aliphatic heterocycles. The van der Waals surface area contributed by atoms with E-state index in [0.717, 1.165) is 37.0 Å². The lowest BCUT2D eigenvalue weighted by atomic mass is 9.93. The topological polar surface area (TPSA) is 66.8 Å². The summed E-state index contributed by atoms with van der Waals surface area (Å²) >= 11 is 0. The van der Waals surface area contributed by atoms with Crippen LogP contribution < -0.4 is 0 Å². The quantitative estimate of drug-likeness (QED) is 0.795. The van der Waals surface area contributed by atoms with Gasteiger partial charge >= 0.3 is 0 Å².